The predicted octanol–water partition coefficient (Wildman–Crippen LogP) is 4.39. The summed E-state index contributed by atoms with van der Waals surface area (Å²) in [5, 5.41) is 8.17. The highest BCUT2D eigenvalue weighted by atomic mass is 35.5. The first-order valence-electron chi connectivity index (χ1n) is 12.9. The Labute approximate surface area is 250 Å². The molecule has 0 unspecified atom stereocenters. The molecular weight excluding hydrogens is 630 g/mol. The van der Waals surface area contributed by atoms with Crippen LogP contribution < -0.4 is 9.80 Å². The standard InChI is InChI=1S/C13H12ClF3N2O3.C13H13F3N2O4/c14-11(20)9-1-4-18-7-10(9)19(12(21)13(15,16)17)8-2-5-22-6-3-8;14-13(15,16)12(21)18(8-2-5-22-6-3-8)10-7-17-4-1-9(10)11(19)20/h1,4,7-8H,2-3,5-6H2;1,4,7-8H,2-3,5-6H2,(H,19,20). The van der Waals surface area contributed by atoms with E-state index in [1.54, 1.807) is 0 Å². The summed E-state index contributed by atoms with van der Waals surface area (Å²) < 4.78 is 87.6. The number of carbonyl (C=O) groups is 4. The minimum atomic E-state index is -5.11. The zero-order valence-corrected chi connectivity index (χ0v) is 23.4. The van der Waals surface area contributed by atoms with Gasteiger partial charge in [0, 0.05) is 50.9 Å². The minimum Gasteiger partial charge on any atom is -0.478 e. The van der Waals surface area contributed by atoms with E-state index in [4.69, 9.17) is 26.2 Å². The molecule has 2 saturated heterocycles. The largest absolute Gasteiger partial charge is 0.478 e. The Hall–Kier alpha value is -3.83. The van der Waals surface area contributed by atoms with Crippen LogP contribution >= 0.6 is 11.6 Å². The number of rotatable bonds is 6. The normalized spacial score (nSPS) is 16.3. The van der Waals surface area contributed by atoms with Crippen molar-refractivity contribution in [2.24, 2.45) is 0 Å². The van der Waals surface area contributed by atoms with Crippen LogP contribution in [-0.4, -0.2) is 89.0 Å². The minimum absolute atomic E-state index is 0.190. The third kappa shape index (κ3) is 8.63. The number of carboxylic acid groups (broad SMARTS) is 1. The van der Waals surface area contributed by atoms with Crippen molar-refractivity contribution in [3.63, 3.8) is 0 Å². The van der Waals surface area contributed by atoms with E-state index in [-0.39, 0.29) is 69.0 Å². The molecule has 18 heteroatoms. The fourth-order valence-corrected chi connectivity index (χ4v) is 4.77. The number of pyridine rings is 2. The molecule has 2 aromatic heterocycles. The summed E-state index contributed by atoms with van der Waals surface area (Å²) in [4.78, 5) is 54.6. The number of carboxylic acids is 1. The van der Waals surface area contributed by atoms with Gasteiger partial charge in [-0.2, -0.15) is 26.3 Å². The molecular formula is C26H25ClF6N4O7. The molecule has 0 aliphatic carbocycles. The van der Waals surface area contributed by atoms with Crippen molar-refractivity contribution in [2.45, 2.75) is 50.1 Å². The number of hydrogen-bond donors (Lipinski definition) is 1. The third-order valence-electron chi connectivity index (χ3n) is 6.60. The highest BCUT2D eigenvalue weighted by Crippen LogP contribution is 2.33. The Morgan fingerprint density at radius 2 is 1.09 bits per heavy atom. The average molecular weight is 655 g/mol. The van der Waals surface area contributed by atoms with Crippen LogP contribution in [0.4, 0.5) is 37.7 Å². The number of carbonyl (C=O) groups excluding carboxylic acids is 3. The summed E-state index contributed by atoms with van der Waals surface area (Å²) in [5.41, 5.74) is -1.19. The lowest BCUT2D eigenvalue weighted by molar-refractivity contribution is -0.171. The first-order chi connectivity index (χ1) is 20.6. The maximum absolute atomic E-state index is 12.9. The van der Waals surface area contributed by atoms with Gasteiger partial charge in [0.15, 0.2) is 0 Å². The summed E-state index contributed by atoms with van der Waals surface area (Å²) in [6.07, 6.45) is -4.97. The van der Waals surface area contributed by atoms with Gasteiger partial charge in [-0.05, 0) is 49.4 Å². The lowest BCUT2D eigenvalue weighted by Gasteiger charge is -2.35. The molecule has 2 fully saturated rings. The molecule has 0 saturated carbocycles. The molecule has 2 aromatic rings. The number of hydrogen-bond acceptors (Lipinski definition) is 8. The predicted molar refractivity (Wildman–Crippen MR) is 140 cm³/mol. The van der Waals surface area contributed by atoms with Gasteiger partial charge >= 0.3 is 30.1 Å². The number of amides is 2. The Balaban J connectivity index is 0.000000240. The van der Waals surface area contributed by atoms with Gasteiger partial charge < -0.3 is 14.6 Å². The van der Waals surface area contributed by atoms with Crippen molar-refractivity contribution < 1.29 is 60.1 Å². The van der Waals surface area contributed by atoms with Crippen molar-refractivity contribution in [3.8, 4) is 0 Å². The van der Waals surface area contributed by atoms with Gasteiger partial charge in [0.25, 0.3) is 5.24 Å². The van der Waals surface area contributed by atoms with E-state index >= 15 is 0 Å². The number of aromatic nitrogens is 2. The van der Waals surface area contributed by atoms with E-state index in [0.717, 1.165) is 24.7 Å². The summed E-state index contributed by atoms with van der Waals surface area (Å²) in [6, 6.07) is 0.723. The highest BCUT2D eigenvalue weighted by Gasteiger charge is 2.47. The summed E-state index contributed by atoms with van der Waals surface area (Å²) >= 11 is 5.40. The van der Waals surface area contributed by atoms with Crippen LogP contribution in [-0.2, 0) is 19.1 Å². The first kappa shape index (κ1) is 34.7. The van der Waals surface area contributed by atoms with Gasteiger partial charge in [-0.1, -0.05) is 0 Å². The van der Waals surface area contributed by atoms with Crippen LogP contribution in [0.2, 0.25) is 0 Å². The van der Waals surface area contributed by atoms with Gasteiger partial charge in [0.1, 0.15) is 0 Å². The number of halogens is 7. The van der Waals surface area contributed by atoms with Gasteiger partial charge in [-0.3, -0.25) is 34.2 Å². The van der Waals surface area contributed by atoms with Crippen LogP contribution in [0.5, 0.6) is 0 Å². The van der Waals surface area contributed by atoms with Gasteiger partial charge in [0.05, 0.1) is 34.9 Å². The summed E-state index contributed by atoms with van der Waals surface area (Å²) in [7, 11) is 0. The van der Waals surface area contributed by atoms with Crippen molar-refractivity contribution in [1.29, 1.82) is 0 Å². The second-order valence-electron chi connectivity index (χ2n) is 9.40. The fraction of sp³-hybridized carbons (Fsp3) is 0.462. The fourth-order valence-electron chi connectivity index (χ4n) is 4.61. The monoisotopic (exact) mass is 654 g/mol. The number of anilines is 2. The van der Waals surface area contributed by atoms with Crippen molar-refractivity contribution in [3.05, 3.63) is 48.0 Å². The van der Waals surface area contributed by atoms with Crippen molar-refractivity contribution in [1.82, 2.24) is 9.97 Å². The third-order valence-corrected chi connectivity index (χ3v) is 6.80. The Morgan fingerprint density at radius 3 is 1.43 bits per heavy atom. The SMILES string of the molecule is O=C(Cl)c1ccncc1N(C(=O)C(F)(F)F)C1CCOCC1.O=C(O)c1ccncc1N(C(=O)C(F)(F)F)C1CCOCC1. The molecule has 240 valence electrons. The number of nitrogens with zero attached hydrogens (tertiary/aromatic N) is 4. The number of aromatic carboxylic acids is 1. The van der Waals surface area contributed by atoms with Crippen LogP contribution in [0, 0.1) is 0 Å². The molecule has 0 radical (unpaired) electrons. The van der Waals surface area contributed by atoms with E-state index in [0.29, 0.717) is 9.80 Å². The van der Waals surface area contributed by atoms with Crippen LogP contribution in [0.25, 0.3) is 0 Å². The molecule has 0 aromatic carbocycles. The average Bonchev–Trinajstić information content (AvgIpc) is 2.98. The van der Waals surface area contributed by atoms with E-state index in [1.165, 1.54) is 12.3 Å². The molecule has 4 rings (SSSR count). The van der Waals surface area contributed by atoms with Crippen molar-refractivity contribution in [2.75, 3.05) is 36.2 Å². The van der Waals surface area contributed by atoms with E-state index < -0.39 is 53.0 Å². The maximum Gasteiger partial charge on any atom is 0.471 e. The quantitative estimate of drug-likeness (QED) is 0.355. The molecule has 11 nitrogen and oxygen atoms in total. The van der Waals surface area contributed by atoms with E-state index in [1.807, 2.05) is 0 Å². The zero-order chi connectivity index (χ0) is 32.7. The summed E-state index contributed by atoms with van der Waals surface area (Å²) in [6.45, 7) is 0.872. The molecule has 2 aliphatic heterocycles. The lowest BCUT2D eigenvalue weighted by Crippen LogP contribution is -2.50. The van der Waals surface area contributed by atoms with Crippen LogP contribution in [0.15, 0.2) is 36.9 Å². The summed E-state index contributed by atoms with van der Waals surface area (Å²) in [5.74, 6) is -5.58. The van der Waals surface area contributed by atoms with Crippen LogP contribution in [0.1, 0.15) is 46.4 Å². The molecule has 2 aliphatic rings. The molecule has 44 heavy (non-hydrogen) atoms. The van der Waals surface area contributed by atoms with Crippen molar-refractivity contribution >= 4 is 46.0 Å². The Bertz CT molecular complexity index is 1250. The van der Waals surface area contributed by atoms with E-state index in [9.17, 15) is 45.5 Å². The van der Waals surface area contributed by atoms with Gasteiger partial charge in [-0.15, -0.1) is 0 Å². The number of ether oxygens (including phenoxy) is 2. The number of alkyl halides is 6. The maximum atomic E-state index is 12.9. The smallest absolute Gasteiger partial charge is 0.471 e. The molecule has 2 amide bonds. The first-order valence-corrected chi connectivity index (χ1v) is 13.3. The highest BCUT2D eigenvalue weighted by molar-refractivity contribution is 6.68. The topological polar surface area (TPSA) is 139 Å². The van der Waals surface area contributed by atoms with Crippen LogP contribution in [0.3, 0.4) is 0 Å². The molecule has 4 heterocycles. The molecule has 0 atom stereocenters. The van der Waals surface area contributed by atoms with Gasteiger partial charge in [0.2, 0.25) is 0 Å². The van der Waals surface area contributed by atoms with E-state index in [2.05, 4.69) is 9.97 Å². The lowest BCUT2D eigenvalue weighted by atomic mass is 10.0. The Morgan fingerprint density at radius 1 is 0.727 bits per heavy atom. The second-order valence-corrected chi connectivity index (χ2v) is 9.74. The second kappa shape index (κ2) is 14.8. The molecule has 1 N–H and O–H groups in total. The molecule has 0 bridgehead atoms. The van der Waals surface area contributed by atoms with Gasteiger partial charge in [-0.25, -0.2) is 4.79 Å². The molecule has 0 spiro atoms. The zero-order valence-electron chi connectivity index (χ0n) is 22.6. The Kier molecular flexibility index (Phi) is 11.6.